The molecule has 0 aromatic heterocycles. The van der Waals surface area contributed by atoms with Crippen molar-refractivity contribution in [1.29, 1.82) is 0 Å². The highest BCUT2D eigenvalue weighted by Gasteiger charge is 2.67. The second-order valence-corrected chi connectivity index (χ2v) is 7.89. The lowest BCUT2D eigenvalue weighted by atomic mass is 9.63. The van der Waals surface area contributed by atoms with E-state index in [1.54, 1.807) is 0 Å². The number of carbonyl (C=O) groups excluding carboxylic acids is 2. The van der Waals surface area contributed by atoms with Gasteiger partial charge in [0.25, 0.3) is 0 Å². The maximum Gasteiger partial charge on any atom is 0.238 e. The molecule has 1 aromatic carbocycles. The fraction of sp³-hybridized carbons (Fsp3) is 0.412. The zero-order valence-electron chi connectivity index (χ0n) is 11.3. The molecule has 0 radical (unpaired) electrons. The summed E-state index contributed by atoms with van der Waals surface area (Å²) in [5.74, 6) is 1.77. The molecule has 1 aliphatic heterocycles. The van der Waals surface area contributed by atoms with E-state index in [0.717, 1.165) is 9.26 Å². The van der Waals surface area contributed by atoms with E-state index in [9.17, 15) is 9.59 Å². The van der Waals surface area contributed by atoms with Crippen LogP contribution in [0.1, 0.15) is 6.42 Å². The van der Waals surface area contributed by atoms with Crippen LogP contribution in [0.15, 0.2) is 36.4 Å². The van der Waals surface area contributed by atoms with Crippen LogP contribution in [-0.4, -0.2) is 11.8 Å². The lowest BCUT2D eigenvalue weighted by molar-refractivity contribution is -0.124. The highest BCUT2D eigenvalue weighted by molar-refractivity contribution is 14.1. The van der Waals surface area contributed by atoms with Gasteiger partial charge in [-0.2, -0.15) is 0 Å². The summed E-state index contributed by atoms with van der Waals surface area (Å²) in [5.41, 5.74) is 0.736. The van der Waals surface area contributed by atoms with E-state index in [1.165, 1.54) is 11.3 Å². The normalized spacial score (nSPS) is 42.2. The molecule has 2 amide bonds. The van der Waals surface area contributed by atoms with Gasteiger partial charge < -0.3 is 0 Å². The Hall–Kier alpha value is -1.17. The highest BCUT2D eigenvalue weighted by Crippen LogP contribution is 2.65. The molecular weight excluding hydrogens is 377 g/mol. The smallest absolute Gasteiger partial charge is 0.238 e. The van der Waals surface area contributed by atoms with E-state index in [1.807, 2.05) is 24.3 Å². The van der Waals surface area contributed by atoms with E-state index in [-0.39, 0.29) is 23.7 Å². The fourth-order valence-electron chi connectivity index (χ4n) is 4.83. The van der Waals surface area contributed by atoms with Crippen molar-refractivity contribution in [1.82, 2.24) is 0 Å². The van der Waals surface area contributed by atoms with E-state index in [2.05, 4.69) is 34.7 Å². The van der Waals surface area contributed by atoms with Crippen LogP contribution in [0.2, 0.25) is 0 Å². The lowest BCUT2D eigenvalue weighted by Gasteiger charge is -2.37. The number of nitrogens with zero attached hydrogens (tertiary/aromatic N) is 1. The summed E-state index contributed by atoms with van der Waals surface area (Å²) in [4.78, 5) is 27.2. The molecule has 0 N–H and O–H groups in total. The first-order chi connectivity index (χ1) is 10.2. The Bertz CT molecular complexity index is 676. The molecule has 4 aliphatic carbocycles. The van der Waals surface area contributed by atoms with Gasteiger partial charge in [0.05, 0.1) is 17.5 Å². The number of anilines is 1. The van der Waals surface area contributed by atoms with E-state index >= 15 is 0 Å². The zero-order valence-corrected chi connectivity index (χ0v) is 13.4. The number of amides is 2. The van der Waals surface area contributed by atoms with Crippen LogP contribution >= 0.6 is 22.6 Å². The average molecular weight is 391 g/mol. The summed E-state index contributed by atoms with van der Waals surface area (Å²) < 4.78 is 1.05. The van der Waals surface area contributed by atoms with Gasteiger partial charge in [0.15, 0.2) is 0 Å². The molecule has 2 saturated carbocycles. The van der Waals surface area contributed by atoms with Crippen LogP contribution in [0, 0.1) is 39.1 Å². The number of rotatable bonds is 1. The standard InChI is InChI=1S/C17H14INO2/c18-8-2-1-3-9(6-8)19-16(20)14-10-4-5-11(13-7-12(10)13)15(14)17(19)21/h1-6,10-15H,7H2/t10-,11-,12-,13-,14-,15+/m1/s1. The first-order valence-electron chi connectivity index (χ1n) is 7.48. The number of carbonyl (C=O) groups is 2. The summed E-state index contributed by atoms with van der Waals surface area (Å²) >= 11 is 2.22. The Morgan fingerprint density at radius 2 is 1.62 bits per heavy atom. The van der Waals surface area contributed by atoms with Gasteiger partial charge >= 0.3 is 0 Å². The quantitative estimate of drug-likeness (QED) is 0.420. The van der Waals surface area contributed by atoms with Crippen LogP contribution in [0.5, 0.6) is 0 Å². The molecule has 6 rings (SSSR count). The van der Waals surface area contributed by atoms with Crippen molar-refractivity contribution in [3.63, 3.8) is 0 Å². The van der Waals surface area contributed by atoms with Gasteiger partial charge in [-0.3, -0.25) is 9.59 Å². The van der Waals surface area contributed by atoms with Crippen molar-refractivity contribution in [2.45, 2.75) is 6.42 Å². The van der Waals surface area contributed by atoms with Crippen molar-refractivity contribution in [2.24, 2.45) is 35.5 Å². The Balaban J connectivity index is 1.60. The highest BCUT2D eigenvalue weighted by atomic mass is 127. The Kier molecular flexibility index (Phi) is 2.34. The summed E-state index contributed by atoms with van der Waals surface area (Å²) in [6, 6.07) is 7.67. The number of hydrogen-bond donors (Lipinski definition) is 0. The number of allylic oxidation sites excluding steroid dienone is 2. The van der Waals surface area contributed by atoms with Crippen molar-refractivity contribution >= 4 is 40.1 Å². The molecule has 106 valence electrons. The van der Waals surface area contributed by atoms with Gasteiger partial charge in [-0.1, -0.05) is 18.2 Å². The first kappa shape index (κ1) is 12.4. The molecule has 6 atom stereocenters. The molecule has 3 fully saturated rings. The van der Waals surface area contributed by atoms with Crippen LogP contribution < -0.4 is 4.90 Å². The third-order valence-corrected chi connectivity index (χ3v) is 6.40. The molecule has 1 aromatic rings. The van der Waals surface area contributed by atoms with Gasteiger partial charge in [-0.05, 0) is 70.9 Å². The molecule has 0 spiro atoms. The lowest BCUT2D eigenvalue weighted by Crippen LogP contribution is -2.40. The summed E-state index contributed by atoms with van der Waals surface area (Å²) in [7, 11) is 0. The largest absolute Gasteiger partial charge is 0.274 e. The molecule has 1 saturated heterocycles. The number of hydrogen-bond acceptors (Lipinski definition) is 2. The van der Waals surface area contributed by atoms with E-state index < -0.39 is 0 Å². The number of benzene rings is 1. The Morgan fingerprint density at radius 3 is 2.19 bits per heavy atom. The van der Waals surface area contributed by atoms with Crippen molar-refractivity contribution < 1.29 is 9.59 Å². The zero-order chi connectivity index (χ0) is 14.3. The number of halogens is 1. The van der Waals surface area contributed by atoms with E-state index in [0.29, 0.717) is 23.7 Å². The predicted octanol–water partition coefficient (Wildman–Crippen LogP) is 2.85. The molecular formula is C17H14INO2. The van der Waals surface area contributed by atoms with Gasteiger partial charge in [-0.25, -0.2) is 4.90 Å². The maximum absolute atomic E-state index is 12.9. The molecule has 0 unspecified atom stereocenters. The molecule has 4 heteroatoms. The average Bonchev–Trinajstić information content (AvgIpc) is 3.24. The van der Waals surface area contributed by atoms with Gasteiger partial charge in [0, 0.05) is 3.57 Å². The Morgan fingerprint density at radius 1 is 1.00 bits per heavy atom. The van der Waals surface area contributed by atoms with Crippen molar-refractivity contribution in [3.8, 4) is 0 Å². The summed E-state index contributed by atoms with van der Waals surface area (Å²) in [6.07, 6.45) is 5.63. The second-order valence-electron chi connectivity index (χ2n) is 6.65. The van der Waals surface area contributed by atoms with Gasteiger partial charge in [0.2, 0.25) is 11.8 Å². The summed E-state index contributed by atoms with van der Waals surface area (Å²) in [5, 5.41) is 0. The second kappa shape index (κ2) is 3.97. The fourth-order valence-corrected chi connectivity index (χ4v) is 5.35. The molecule has 2 bridgehead atoms. The topological polar surface area (TPSA) is 37.4 Å². The SMILES string of the molecule is O=C1[C@@H]2[C@@H]3C=C[C@H]([C@H]4C[C@H]34)[C@@H]2C(=O)N1c1cccc(I)c1. The first-order valence-corrected chi connectivity index (χ1v) is 8.56. The van der Waals surface area contributed by atoms with E-state index in [4.69, 9.17) is 0 Å². The molecule has 21 heavy (non-hydrogen) atoms. The predicted molar refractivity (Wildman–Crippen MR) is 86.3 cm³/mol. The van der Waals surface area contributed by atoms with Crippen LogP contribution in [0.4, 0.5) is 5.69 Å². The van der Waals surface area contributed by atoms with Crippen molar-refractivity contribution in [3.05, 3.63) is 40.0 Å². The minimum atomic E-state index is -0.103. The Labute approximate surface area is 136 Å². The third kappa shape index (κ3) is 1.49. The maximum atomic E-state index is 12.9. The van der Waals surface area contributed by atoms with Crippen LogP contribution in [0.25, 0.3) is 0 Å². The summed E-state index contributed by atoms with van der Waals surface area (Å²) in [6.45, 7) is 0. The van der Waals surface area contributed by atoms with Gasteiger partial charge in [0.1, 0.15) is 0 Å². The molecule has 5 aliphatic rings. The number of imide groups is 1. The minimum Gasteiger partial charge on any atom is -0.274 e. The van der Waals surface area contributed by atoms with Crippen molar-refractivity contribution in [2.75, 3.05) is 4.90 Å². The van der Waals surface area contributed by atoms with Crippen LogP contribution in [0.3, 0.4) is 0 Å². The third-order valence-electron chi connectivity index (χ3n) is 5.73. The monoisotopic (exact) mass is 391 g/mol. The van der Waals surface area contributed by atoms with Crippen LogP contribution in [-0.2, 0) is 9.59 Å². The van der Waals surface area contributed by atoms with Gasteiger partial charge in [-0.15, -0.1) is 0 Å². The molecule has 1 heterocycles. The molecule has 3 nitrogen and oxygen atoms in total. The minimum absolute atomic E-state index is 0.0247.